The Kier molecular flexibility index (Phi) is 4.36. The molecule has 1 rings (SSSR count). The molecule has 5 heteroatoms. The molecule has 0 N–H and O–H groups in total. The fourth-order valence-corrected chi connectivity index (χ4v) is 2.49. The molecule has 0 aromatic rings. The molecule has 1 fully saturated rings. The molecule has 17 heavy (non-hydrogen) atoms. The zero-order valence-corrected chi connectivity index (χ0v) is 11.0. The number of hydrogen-bond acceptors (Lipinski definition) is 3. The van der Waals surface area contributed by atoms with Crippen LogP contribution in [0.5, 0.6) is 0 Å². The Bertz CT molecular complexity index is 317. The summed E-state index contributed by atoms with van der Waals surface area (Å²) in [5, 5.41) is 0. The number of rotatable bonds is 4. The maximum absolute atomic E-state index is 11.5. The molecule has 1 heterocycles. The Morgan fingerprint density at radius 2 is 1.94 bits per heavy atom. The summed E-state index contributed by atoms with van der Waals surface area (Å²) in [5.74, 6) is -0.344. The second kappa shape index (κ2) is 5.21. The van der Waals surface area contributed by atoms with E-state index in [1.807, 2.05) is 13.8 Å². The van der Waals surface area contributed by atoms with Crippen LogP contribution in [-0.2, 0) is 9.53 Å². The van der Waals surface area contributed by atoms with Crippen molar-refractivity contribution in [2.24, 2.45) is 0 Å². The van der Waals surface area contributed by atoms with Gasteiger partial charge in [-0.2, -0.15) is 0 Å². The van der Waals surface area contributed by atoms with Crippen LogP contribution in [0.4, 0.5) is 4.79 Å². The van der Waals surface area contributed by atoms with Gasteiger partial charge in [-0.1, -0.05) is 13.8 Å². The Hall–Kier alpha value is -0.835. The molecule has 94 valence electrons. The minimum Gasteiger partial charge on any atom is -0.350 e. The number of nitrogens with zero attached hydrogens (tertiary/aromatic N) is 1. The van der Waals surface area contributed by atoms with Crippen molar-refractivity contribution in [3.05, 3.63) is 0 Å². The van der Waals surface area contributed by atoms with E-state index in [4.69, 9.17) is 12.6 Å². The molecule has 1 saturated heterocycles. The molecule has 2 atom stereocenters. The third-order valence-electron chi connectivity index (χ3n) is 3.26. The second-order valence-electron chi connectivity index (χ2n) is 4.88. The number of carbonyl (C=O) groups is 2. The van der Waals surface area contributed by atoms with Gasteiger partial charge in [0.25, 0.3) is 0 Å². The first-order chi connectivity index (χ1) is 7.83. The van der Waals surface area contributed by atoms with Crippen LogP contribution < -0.4 is 0 Å². The molecule has 0 aliphatic carbocycles. The summed E-state index contributed by atoms with van der Waals surface area (Å²) >= 11 is 0. The summed E-state index contributed by atoms with van der Waals surface area (Å²) in [6, 6.07) is -0.113. The highest BCUT2D eigenvalue weighted by Gasteiger charge is 2.47. The highest BCUT2D eigenvalue weighted by atomic mass is 16.5. The molecule has 2 radical (unpaired) electrons. The average Bonchev–Trinajstić information content (AvgIpc) is 2.48. The average molecular weight is 237 g/mol. The van der Waals surface area contributed by atoms with E-state index >= 15 is 0 Å². The molecule has 1 aliphatic rings. The summed E-state index contributed by atoms with van der Waals surface area (Å²) in [5.41, 5.74) is -0.731. The molecule has 0 aromatic heterocycles. The molecule has 0 bridgehead atoms. The fraction of sp³-hybridized carbons (Fsp3) is 0.833. The minimum absolute atomic E-state index is 0.113. The van der Waals surface area contributed by atoms with E-state index in [2.05, 4.69) is 0 Å². The van der Waals surface area contributed by atoms with Gasteiger partial charge in [0.2, 0.25) is 7.85 Å². The molecule has 1 aliphatic heterocycles. The largest absolute Gasteiger partial charge is 0.350 e. The molecule has 0 saturated carbocycles. The van der Waals surface area contributed by atoms with Crippen molar-refractivity contribution < 1.29 is 14.3 Å². The van der Waals surface area contributed by atoms with Crippen LogP contribution in [0, 0.1) is 0 Å². The third kappa shape index (κ3) is 2.89. The lowest BCUT2D eigenvalue weighted by atomic mass is 9.98. The predicted molar refractivity (Wildman–Crippen MR) is 65.9 cm³/mol. The van der Waals surface area contributed by atoms with Crippen molar-refractivity contribution in [3.63, 3.8) is 0 Å². The fourth-order valence-electron chi connectivity index (χ4n) is 2.49. The molecule has 0 aromatic carbocycles. The first kappa shape index (κ1) is 14.2. The van der Waals surface area contributed by atoms with Crippen LogP contribution in [0.3, 0.4) is 0 Å². The summed E-state index contributed by atoms with van der Waals surface area (Å²) in [7, 11) is 5.39. The van der Waals surface area contributed by atoms with Crippen molar-refractivity contribution in [2.75, 3.05) is 0 Å². The Labute approximate surface area is 104 Å². The number of carbonyl (C=O) groups excluding carboxylic acids is 2. The quantitative estimate of drug-likeness (QED) is 0.701. The van der Waals surface area contributed by atoms with Crippen LogP contribution in [0.15, 0.2) is 0 Å². The predicted octanol–water partition coefficient (Wildman–Crippen LogP) is 1.86. The zero-order chi connectivity index (χ0) is 13.2. The second-order valence-corrected chi connectivity index (χ2v) is 4.88. The van der Waals surface area contributed by atoms with Gasteiger partial charge in [0.15, 0.2) is 5.81 Å². The first-order valence-electron chi connectivity index (χ1n) is 6.11. The van der Waals surface area contributed by atoms with E-state index in [-0.39, 0.29) is 17.9 Å². The first-order valence-corrected chi connectivity index (χ1v) is 6.11. The third-order valence-corrected chi connectivity index (χ3v) is 3.26. The van der Waals surface area contributed by atoms with Crippen molar-refractivity contribution in [2.45, 2.75) is 64.8 Å². The summed E-state index contributed by atoms with van der Waals surface area (Å²) in [6.45, 7) is 7.40. The molecular formula is C12H20BNO3. The topological polar surface area (TPSA) is 46.6 Å². The van der Waals surface area contributed by atoms with Crippen LogP contribution in [0.1, 0.15) is 47.0 Å². The van der Waals surface area contributed by atoms with E-state index in [1.54, 1.807) is 18.7 Å². The van der Waals surface area contributed by atoms with Gasteiger partial charge < -0.3 is 9.64 Å². The van der Waals surface area contributed by atoms with Gasteiger partial charge >= 0.3 is 0 Å². The Balaban J connectivity index is 2.88. The maximum atomic E-state index is 11.5. The van der Waals surface area contributed by atoms with Crippen molar-refractivity contribution in [3.8, 4) is 0 Å². The Morgan fingerprint density at radius 3 is 2.35 bits per heavy atom. The monoisotopic (exact) mass is 237 g/mol. The highest BCUT2D eigenvalue weighted by molar-refractivity contribution is 6.57. The highest BCUT2D eigenvalue weighted by Crippen LogP contribution is 2.35. The molecule has 0 spiro atoms. The van der Waals surface area contributed by atoms with Gasteiger partial charge in [0, 0.05) is 12.8 Å². The lowest BCUT2D eigenvalue weighted by molar-refractivity contribution is -0.123. The minimum atomic E-state index is -0.731. The van der Waals surface area contributed by atoms with E-state index in [0.29, 0.717) is 12.8 Å². The normalized spacial score (nSPS) is 27.2. The summed E-state index contributed by atoms with van der Waals surface area (Å²) in [4.78, 5) is 24.5. The lowest BCUT2D eigenvalue weighted by Crippen LogP contribution is -2.47. The summed E-state index contributed by atoms with van der Waals surface area (Å²) in [6.07, 6.45) is 1.33. The van der Waals surface area contributed by atoms with Gasteiger partial charge in [-0.3, -0.25) is 9.59 Å². The number of hydrogen-bond donors (Lipinski definition) is 0. The molecule has 4 nitrogen and oxygen atoms in total. The number of amides is 1. The summed E-state index contributed by atoms with van der Waals surface area (Å²) < 4.78 is 5.80. The van der Waals surface area contributed by atoms with Gasteiger partial charge in [-0.25, -0.2) is 0 Å². The van der Waals surface area contributed by atoms with E-state index < -0.39 is 11.5 Å². The van der Waals surface area contributed by atoms with Gasteiger partial charge in [-0.15, -0.1) is 0 Å². The van der Waals surface area contributed by atoms with Crippen molar-refractivity contribution in [1.29, 1.82) is 0 Å². The van der Waals surface area contributed by atoms with Gasteiger partial charge in [0.1, 0.15) is 11.5 Å². The number of Topliss-reactive ketones (excluding diaryl/α,β-unsaturated/α-hetero) is 1. The SMILES string of the molecule is [B]C(=O)N1[C@@H](CC)[C@@H](CC(=O)CC)OC1(C)C. The van der Waals surface area contributed by atoms with Crippen molar-refractivity contribution in [1.82, 2.24) is 4.90 Å². The lowest BCUT2D eigenvalue weighted by Gasteiger charge is -2.33. The zero-order valence-electron chi connectivity index (χ0n) is 11.0. The van der Waals surface area contributed by atoms with Crippen LogP contribution in [0.25, 0.3) is 0 Å². The smallest absolute Gasteiger partial charge is 0.200 e. The number of ether oxygens (including phenoxy) is 1. The maximum Gasteiger partial charge on any atom is 0.200 e. The standard InChI is InChI=1S/C12H20BNO3/c1-5-8(15)7-10-9(6-2)14(11(13)16)12(3,4)17-10/h9-10H,5-7H2,1-4H3/t9-,10+/m0/s1. The van der Waals surface area contributed by atoms with Crippen LogP contribution in [0.2, 0.25) is 0 Å². The molecule has 1 amide bonds. The van der Waals surface area contributed by atoms with Crippen LogP contribution >= 0.6 is 0 Å². The van der Waals surface area contributed by atoms with Gasteiger partial charge in [-0.05, 0) is 20.3 Å². The van der Waals surface area contributed by atoms with Gasteiger partial charge in [0.05, 0.1) is 12.1 Å². The van der Waals surface area contributed by atoms with Crippen LogP contribution in [-0.4, -0.2) is 42.2 Å². The van der Waals surface area contributed by atoms with E-state index in [1.165, 1.54) is 0 Å². The van der Waals surface area contributed by atoms with Crippen molar-refractivity contribution >= 4 is 19.4 Å². The number of ketones is 1. The van der Waals surface area contributed by atoms with E-state index in [0.717, 1.165) is 6.42 Å². The molecular weight excluding hydrogens is 217 g/mol. The van der Waals surface area contributed by atoms with E-state index in [9.17, 15) is 9.59 Å². The Morgan fingerprint density at radius 1 is 1.35 bits per heavy atom. The molecule has 0 unspecified atom stereocenters.